The maximum Gasteiger partial charge on any atom is 0.230 e. The van der Waals surface area contributed by atoms with Crippen molar-refractivity contribution >= 4 is 23.4 Å². The van der Waals surface area contributed by atoms with Gasteiger partial charge in [0.2, 0.25) is 5.91 Å². The van der Waals surface area contributed by atoms with Gasteiger partial charge in [-0.15, -0.1) is 0 Å². The molecule has 0 N–H and O–H groups in total. The number of allylic oxidation sites excluding steroid dienone is 1. The lowest BCUT2D eigenvalue weighted by atomic mass is 9.91. The molecule has 5 nitrogen and oxygen atoms in total. The fraction of sp³-hybridized carbons (Fsp3) is 0.300. The molecule has 2 aliphatic heterocycles. The SMILES string of the molecule is Cc1cccc(N2CSC3=C(C#N)[C@@H](c4ccc(C)o4)CC(=O)N3C2)c1. The molecule has 6 heteroatoms. The van der Waals surface area contributed by atoms with Crippen molar-refractivity contribution in [3.8, 4) is 6.07 Å². The van der Waals surface area contributed by atoms with Crippen molar-refractivity contribution in [2.75, 3.05) is 17.4 Å². The number of anilines is 1. The number of furan rings is 1. The number of nitrogens with zero attached hydrogens (tertiary/aromatic N) is 3. The lowest BCUT2D eigenvalue weighted by Gasteiger charge is -2.41. The minimum Gasteiger partial charge on any atom is -0.466 e. The standard InChI is InChI=1S/C20H19N3O2S/c1-13-4-3-5-15(8-13)22-11-23-19(24)9-16(18-7-6-14(2)25-18)17(10-21)20(23)26-12-22/h3-8,16H,9,11-12H2,1-2H3/t16-/m0/s1. The Bertz CT molecular complexity index is 941. The Morgan fingerprint density at radius 1 is 1.27 bits per heavy atom. The van der Waals surface area contributed by atoms with Gasteiger partial charge in [-0.1, -0.05) is 23.9 Å². The minimum atomic E-state index is -0.287. The Balaban J connectivity index is 1.67. The fourth-order valence-electron chi connectivity index (χ4n) is 3.43. The number of carbonyl (C=O) groups excluding carboxylic acids is 1. The molecular weight excluding hydrogens is 346 g/mol. The van der Waals surface area contributed by atoms with E-state index < -0.39 is 0 Å². The molecule has 0 aliphatic carbocycles. The minimum absolute atomic E-state index is 0.0305. The highest BCUT2D eigenvalue weighted by Crippen LogP contribution is 2.43. The topological polar surface area (TPSA) is 60.5 Å². The number of hydrogen-bond donors (Lipinski definition) is 0. The van der Waals surface area contributed by atoms with Crippen LogP contribution in [0.15, 0.2) is 51.4 Å². The first-order valence-electron chi connectivity index (χ1n) is 8.52. The number of carbonyl (C=O) groups is 1. The monoisotopic (exact) mass is 365 g/mol. The van der Waals surface area contributed by atoms with Gasteiger partial charge in [-0.25, -0.2) is 0 Å². The van der Waals surface area contributed by atoms with Crippen molar-refractivity contribution in [3.05, 3.63) is 64.1 Å². The molecule has 0 spiro atoms. The highest BCUT2D eigenvalue weighted by molar-refractivity contribution is 8.03. The molecule has 132 valence electrons. The first-order chi connectivity index (χ1) is 12.6. The number of benzene rings is 1. The Hall–Kier alpha value is -2.65. The normalized spacial score (nSPS) is 20.2. The highest BCUT2D eigenvalue weighted by atomic mass is 32.2. The molecule has 2 aliphatic rings. The maximum absolute atomic E-state index is 12.8. The predicted molar refractivity (Wildman–Crippen MR) is 101 cm³/mol. The summed E-state index contributed by atoms with van der Waals surface area (Å²) in [7, 11) is 0. The van der Waals surface area contributed by atoms with Gasteiger partial charge in [-0.2, -0.15) is 5.26 Å². The molecule has 26 heavy (non-hydrogen) atoms. The maximum atomic E-state index is 12.8. The molecule has 0 bridgehead atoms. The fourth-order valence-corrected chi connectivity index (χ4v) is 4.60. The van der Waals surface area contributed by atoms with E-state index >= 15 is 0 Å². The lowest BCUT2D eigenvalue weighted by molar-refractivity contribution is -0.130. The van der Waals surface area contributed by atoms with Crippen LogP contribution in [0.5, 0.6) is 0 Å². The molecular formula is C20H19N3O2S. The number of rotatable bonds is 2. The smallest absolute Gasteiger partial charge is 0.230 e. The van der Waals surface area contributed by atoms with Gasteiger partial charge >= 0.3 is 0 Å². The second-order valence-corrected chi connectivity index (χ2v) is 7.58. The number of nitriles is 1. The number of thioether (sulfide) groups is 1. The summed E-state index contributed by atoms with van der Waals surface area (Å²) in [5.41, 5.74) is 2.91. The highest BCUT2D eigenvalue weighted by Gasteiger charge is 2.39. The number of aryl methyl sites for hydroxylation is 2. The Kier molecular flexibility index (Phi) is 4.25. The third-order valence-electron chi connectivity index (χ3n) is 4.76. The van der Waals surface area contributed by atoms with Gasteiger partial charge in [0.25, 0.3) is 0 Å². The largest absolute Gasteiger partial charge is 0.466 e. The van der Waals surface area contributed by atoms with Crippen molar-refractivity contribution in [1.29, 1.82) is 5.26 Å². The van der Waals surface area contributed by atoms with Crippen LogP contribution < -0.4 is 4.90 Å². The summed E-state index contributed by atoms with van der Waals surface area (Å²) in [4.78, 5) is 16.7. The molecule has 1 aromatic carbocycles. The van der Waals surface area contributed by atoms with E-state index in [1.165, 1.54) is 5.56 Å². The number of hydrogen-bond acceptors (Lipinski definition) is 5. The predicted octanol–water partition coefficient (Wildman–Crippen LogP) is 4.12. The van der Waals surface area contributed by atoms with Crippen LogP contribution >= 0.6 is 11.8 Å². The van der Waals surface area contributed by atoms with E-state index in [-0.39, 0.29) is 18.2 Å². The van der Waals surface area contributed by atoms with E-state index in [4.69, 9.17) is 4.42 Å². The lowest BCUT2D eigenvalue weighted by Crippen LogP contribution is -2.47. The Morgan fingerprint density at radius 3 is 2.81 bits per heavy atom. The zero-order chi connectivity index (χ0) is 18.3. The second-order valence-electron chi connectivity index (χ2n) is 6.65. The molecule has 0 radical (unpaired) electrons. The van der Waals surface area contributed by atoms with E-state index in [0.717, 1.165) is 16.5 Å². The molecule has 2 aromatic rings. The Labute approximate surface area is 156 Å². The van der Waals surface area contributed by atoms with Crippen molar-refractivity contribution in [3.63, 3.8) is 0 Å². The van der Waals surface area contributed by atoms with Crippen molar-refractivity contribution < 1.29 is 9.21 Å². The average molecular weight is 365 g/mol. The molecule has 1 atom stereocenters. The van der Waals surface area contributed by atoms with Crippen molar-refractivity contribution in [2.45, 2.75) is 26.2 Å². The van der Waals surface area contributed by atoms with E-state index in [1.807, 2.05) is 25.1 Å². The molecule has 3 heterocycles. The van der Waals surface area contributed by atoms with Crippen LogP contribution in [-0.4, -0.2) is 23.4 Å². The van der Waals surface area contributed by atoms with E-state index in [0.29, 0.717) is 23.9 Å². The van der Waals surface area contributed by atoms with Crippen LogP contribution in [0.25, 0.3) is 0 Å². The molecule has 1 aromatic heterocycles. The van der Waals surface area contributed by atoms with Gasteiger partial charge in [0.15, 0.2) is 0 Å². The van der Waals surface area contributed by atoms with Crippen LogP contribution in [0.3, 0.4) is 0 Å². The summed E-state index contributed by atoms with van der Waals surface area (Å²) in [6.45, 7) is 4.40. The van der Waals surface area contributed by atoms with E-state index in [9.17, 15) is 10.1 Å². The first kappa shape index (κ1) is 16.8. The van der Waals surface area contributed by atoms with Gasteiger partial charge in [0.05, 0.1) is 35.1 Å². The van der Waals surface area contributed by atoms with Crippen LogP contribution in [0.2, 0.25) is 0 Å². The second kappa shape index (κ2) is 6.58. The summed E-state index contributed by atoms with van der Waals surface area (Å²) in [5.74, 6) is 1.94. The third kappa shape index (κ3) is 2.89. The molecule has 4 rings (SSSR count). The quantitative estimate of drug-likeness (QED) is 0.801. The molecule has 1 amide bonds. The van der Waals surface area contributed by atoms with Gasteiger partial charge in [0, 0.05) is 12.1 Å². The van der Waals surface area contributed by atoms with Gasteiger partial charge in [-0.05, 0) is 43.7 Å². The molecule has 1 fully saturated rings. The van der Waals surface area contributed by atoms with E-state index in [2.05, 4.69) is 36.1 Å². The van der Waals surface area contributed by atoms with E-state index in [1.54, 1.807) is 16.7 Å². The van der Waals surface area contributed by atoms with Crippen LogP contribution in [-0.2, 0) is 4.79 Å². The summed E-state index contributed by atoms with van der Waals surface area (Å²) in [5, 5.41) is 10.5. The molecule has 0 saturated carbocycles. The van der Waals surface area contributed by atoms with Crippen molar-refractivity contribution in [1.82, 2.24) is 4.90 Å². The number of fused-ring (bicyclic) bond motifs is 1. The average Bonchev–Trinajstić information content (AvgIpc) is 3.07. The first-order valence-corrected chi connectivity index (χ1v) is 9.51. The summed E-state index contributed by atoms with van der Waals surface area (Å²) >= 11 is 1.54. The van der Waals surface area contributed by atoms with Gasteiger partial charge in [0.1, 0.15) is 11.5 Å². The van der Waals surface area contributed by atoms with Crippen LogP contribution in [0, 0.1) is 25.2 Å². The summed E-state index contributed by atoms with van der Waals surface area (Å²) in [6.07, 6.45) is 0.265. The summed E-state index contributed by atoms with van der Waals surface area (Å²) in [6, 6.07) is 14.3. The molecule has 1 saturated heterocycles. The van der Waals surface area contributed by atoms with Crippen LogP contribution in [0.1, 0.15) is 29.4 Å². The van der Waals surface area contributed by atoms with Crippen LogP contribution in [0.4, 0.5) is 5.69 Å². The summed E-state index contributed by atoms with van der Waals surface area (Å²) < 4.78 is 5.71. The van der Waals surface area contributed by atoms with Gasteiger partial charge in [-0.3, -0.25) is 9.69 Å². The number of amides is 1. The third-order valence-corrected chi connectivity index (χ3v) is 5.92. The Morgan fingerprint density at radius 2 is 2.12 bits per heavy atom. The zero-order valence-corrected chi connectivity index (χ0v) is 15.5. The zero-order valence-electron chi connectivity index (χ0n) is 14.7. The van der Waals surface area contributed by atoms with Crippen molar-refractivity contribution in [2.24, 2.45) is 0 Å². The molecule has 0 unspecified atom stereocenters. The van der Waals surface area contributed by atoms with Gasteiger partial charge < -0.3 is 9.32 Å².